The molecule has 2 rings (SSSR count). The highest BCUT2D eigenvalue weighted by Crippen LogP contribution is 2.25. The Hall–Kier alpha value is -0.0800. The molecular weight excluding hydrogens is 184 g/mol. The molecule has 2 aliphatic carbocycles. The summed E-state index contributed by atoms with van der Waals surface area (Å²) in [4.78, 5) is 0. The van der Waals surface area contributed by atoms with Crippen molar-refractivity contribution in [3.8, 4) is 0 Å². The van der Waals surface area contributed by atoms with E-state index in [4.69, 9.17) is 0 Å². The fourth-order valence-corrected chi connectivity index (χ4v) is 2.60. The van der Waals surface area contributed by atoms with Crippen LogP contribution in [-0.2, 0) is 0 Å². The summed E-state index contributed by atoms with van der Waals surface area (Å²) in [6.07, 6.45) is 8.26. The summed E-state index contributed by atoms with van der Waals surface area (Å²) in [5, 5.41) is 7.47. The van der Waals surface area contributed by atoms with E-state index in [0.717, 1.165) is 18.1 Å². The van der Waals surface area contributed by atoms with Crippen molar-refractivity contribution in [2.24, 2.45) is 0 Å². The predicted molar refractivity (Wildman–Crippen MR) is 65.1 cm³/mol. The highest BCUT2D eigenvalue weighted by molar-refractivity contribution is 4.89. The van der Waals surface area contributed by atoms with Gasteiger partial charge in [-0.15, -0.1) is 0 Å². The fraction of sp³-hybridized carbons (Fsp3) is 1.00. The lowest BCUT2D eigenvalue weighted by Gasteiger charge is -2.34. The molecular formula is C13H26N2. The van der Waals surface area contributed by atoms with Gasteiger partial charge in [-0.1, -0.05) is 0 Å². The maximum absolute atomic E-state index is 3.75. The Kier molecular flexibility index (Phi) is 3.36. The zero-order valence-electron chi connectivity index (χ0n) is 10.5. The Morgan fingerprint density at radius 1 is 0.733 bits per heavy atom. The van der Waals surface area contributed by atoms with Gasteiger partial charge in [0.15, 0.2) is 0 Å². The van der Waals surface area contributed by atoms with Crippen LogP contribution in [0.3, 0.4) is 0 Å². The standard InChI is InChI=1S/C13H26N2/c1-13(2,3)15-12-8-6-11(7-9-12)14-10-4-5-10/h10-12,14-15H,4-9H2,1-3H3. The Morgan fingerprint density at radius 2 is 1.13 bits per heavy atom. The highest BCUT2D eigenvalue weighted by Gasteiger charge is 2.28. The molecule has 88 valence electrons. The van der Waals surface area contributed by atoms with Crippen molar-refractivity contribution in [2.45, 2.75) is 83.0 Å². The molecule has 0 spiro atoms. The molecule has 2 aliphatic rings. The van der Waals surface area contributed by atoms with Crippen molar-refractivity contribution in [3.63, 3.8) is 0 Å². The molecule has 2 fully saturated rings. The van der Waals surface area contributed by atoms with E-state index in [9.17, 15) is 0 Å². The molecule has 0 bridgehead atoms. The molecule has 0 radical (unpaired) electrons. The van der Waals surface area contributed by atoms with Gasteiger partial charge in [-0.3, -0.25) is 0 Å². The van der Waals surface area contributed by atoms with Crippen molar-refractivity contribution in [2.75, 3.05) is 0 Å². The molecule has 15 heavy (non-hydrogen) atoms. The molecule has 2 heteroatoms. The molecule has 0 saturated heterocycles. The summed E-state index contributed by atoms with van der Waals surface area (Å²) in [6, 6.07) is 2.44. The van der Waals surface area contributed by atoms with Crippen LogP contribution in [0.4, 0.5) is 0 Å². The fourth-order valence-electron chi connectivity index (χ4n) is 2.60. The van der Waals surface area contributed by atoms with Crippen LogP contribution in [0.1, 0.15) is 59.3 Å². The minimum atomic E-state index is 0.279. The number of hydrogen-bond donors (Lipinski definition) is 2. The lowest BCUT2D eigenvalue weighted by atomic mass is 9.89. The number of nitrogens with one attached hydrogen (secondary N) is 2. The molecule has 2 saturated carbocycles. The molecule has 2 N–H and O–H groups in total. The van der Waals surface area contributed by atoms with E-state index in [-0.39, 0.29) is 5.54 Å². The first-order chi connectivity index (χ1) is 7.03. The number of rotatable bonds is 3. The molecule has 0 aliphatic heterocycles. The summed E-state index contributed by atoms with van der Waals surface area (Å²) in [5.74, 6) is 0. The second-order valence-electron chi connectivity index (χ2n) is 6.38. The first kappa shape index (κ1) is 11.4. The van der Waals surface area contributed by atoms with Gasteiger partial charge < -0.3 is 10.6 Å². The van der Waals surface area contributed by atoms with Gasteiger partial charge in [0, 0.05) is 23.7 Å². The number of hydrogen-bond acceptors (Lipinski definition) is 2. The zero-order chi connectivity index (χ0) is 10.9. The Morgan fingerprint density at radius 3 is 1.53 bits per heavy atom. The third-order valence-corrected chi connectivity index (χ3v) is 3.41. The van der Waals surface area contributed by atoms with Crippen molar-refractivity contribution in [1.82, 2.24) is 10.6 Å². The largest absolute Gasteiger partial charge is 0.311 e. The highest BCUT2D eigenvalue weighted by atomic mass is 15.0. The first-order valence-corrected chi connectivity index (χ1v) is 6.57. The average Bonchev–Trinajstić information content (AvgIpc) is 2.90. The lowest BCUT2D eigenvalue weighted by Crippen LogP contribution is -2.47. The van der Waals surface area contributed by atoms with E-state index in [2.05, 4.69) is 31.4 Å². The summed E-state index contributed by atoms with van der Waals surface area (Å²) in [6.45, 7) is 6.80. The van der Waals surface area contributed by atoms with Crippen LogP contribution in [0.15, 0.2) is 0 Å². The Labute approximate surface area is 94.2 Å². The van der Waals surface area contributed by atoms with E-state index < -0.39 is 0 Å². The van der Waals surface area contributed by atoms with Gasteiger partial charge in [-0.05, 0) is 59.3 Å². The summed E-state index contributed by atoms with van der Waals surface area (Å²) in [7, 11) is 0. The van der Waals surface area contributed by atoms with Crippen molar-refractivity contribution < 1.29 is 0 Å². The topological polar surface area (TPSA) is 24.1 Å². The molecule has 0 heterocycles. The van der Waals surface area contributed by atoms with Crippen LogP contribution >= 0.6 is 0 Å². The second kappa shape index (κ2) is 4.42. The van der Waals surface area contributed by atoms with Crippen LogP contribution in [0, 0.1) is 0 Å². The Bertz CT molecular complexity index is 195. The third kappa shape index (κ3) is 4.12. The zero-order valence-corrected chi connectivity index (χ0v) is 10.5. The lowest BCUT2D eigenvalue weighted by molar-refractivity contribution is 0.261. The Balaban J connectivity index is 1.67. The van der Waals surface area contributed by atoms with Gasteiger partial charge in [0.05, 0.1) is 0 Å². The third-order valence-electron chi connectivity index (χ3n) is 3.41. The molecule has 0 aromatic heterocycles. The van der Waals surface area contributed by atoms with Gasteiger partial charge in [0.2, 0.25) is 0 Å². The quantitative estimate of drug-likeness (QED) is 0.747. The predicted octanol–water partition coefficient (Wildman–Crippen LogP) is 2.44. The van der Waals surface area contributed by atoms with E-state index in [1.165, 1.54) is 38.5 Å². The molecule has 0 aromatic rings. The molecule has 0 aromatic carbocycles. The minimum Gasteiger partial charge on any atom is -0.311 e. The van der Waals surface area contributed by atoms with Gasteiger partial charge in [-0.25, -0.2) is 0 Å². The van der Waals surface area contributed by atoms with Gasteiger partial charge in [0.25, 0.3) is 0 Å². The molecule has 0 unspecified atom stereocenters. The smallest absolute Gasteiger partial charge is 0.00990 e. The first-order valence-electron chi connectivity index (χ1n) is 6.57. The van der Waals surface area contributed by atoms with Crippen molar-refractivity contribution in [1.29, 1.82) is 0 Å². The van der Waals surface area contributed by atoms with E-state index in [1.54, 1.807) is 0 Å². The normalized spacial score (nSPS) is 33.0. The molecule has 0 amide bonds. The van der Waals surface area contributed by atoms with E-state index >= 15 is 0 Å². The maximum Gasteiger partial charge on any atom is 0.00990 e. The maximum atomic E-state index is 3.75. The van der Waals surface area contributed by atoms with Crippen LogP contribution in [0.5, 0.6) is 0 Å². The summed E-state index contributed by atoms with van der Waals surface area (Å²) in [5.41, 5.74) is 0.279. The van der Waals surface area contributed by atoms with Crippen LogP contribution in [0.25, 0.3) is 0 Å². The van der Waals surface area contributed by atoms with E-state index in [0.29, 0.717) is 0 Å². The van der Waals surface area contributed by atoms with Gasteiger partial charge in [-0.2, -0.15) is 0 Å². The van der Waals surface area contributed by atoms with Gasteiger partial charge in [0.1, 0.15) is 0 Å². The van der Waals surface area contributed by atoms with Crippen LogP contribution < -0.4 is 10.6 Å². The average molecular weight is 210 g/mol. The monoisotopic (exact) mass is 210 g/mol. The van der Waals surface area contributed by atoms with Crippen molar-refractivity contribution >= 4 is 0 Å². The second-order valence-corrected chi connectivity index (χ2v) is 6.38. The van der Waals surface area contributed by atoms with Gasteiger partial charge >= 0.3 is 0 Å². The van der Waals surface area contributed by atoms with Crippen LogP contribution in [0.2, 0.25) is 0 Å². The van der Waals surface area contributed by atoms with Crippen LogP contribution in [-0.4, -0.2) is 23.7 Å². The van der Waals surface area contributed by atoms with E-state index in [1.807, 2.05) is 0 Å². The van der Waals surface area contributed by atoms with Crippen molar-refractivity contribution in [3.05, 3.63) is 0 Å². The SMILES string of the molecule is CC(C)(C)NC1CCC(NC2CC2)CC1. The molecule has 2 nitrogen and oxygen atoms in total. The minimum absolute atomic E-state index is 0.279. The molecule has 0 atom stereocenters. The summed E-state index contributed by atoms with van der Waals surface area (Å²) < 4.78 is 0. The summed E-state index contributed by atoms with van der Waals surface area (Å²) >= 11 is 0.